The van der Waals surface area contributed by atoms with Crippen LogP contribution >= 0.6 is 0 Å². The third kappa shape index (κ3) is 9.50. The minimum absolute atomic E-state index is 0.0427. The summed E-state index contributed by atoms with van der Waals surface area (Å²) in [6, 6.07) is 2.63. The number of hydrogen-bond donors (Lipinski definition) is 6. The lowest BCUT2D eigenvalue weighted by Gasteiger charge is -2.15. The molecule has 0 spiro atoms. The smallest absolute Gasteiger partial charge is 0.326 e. The average Bonchev–Trinajstić information content (AvgIpc) is 2.69. The molecule has 0 aliphatic carbocycles. The molecule has 1 radical (unpaired) electrons. The Labute approximate surface area is 169 Å². The van der Waals surface area contributed by atoms with Crippen LogP contribution < -0.4 is 27.1 Å². The zero-order valence-electron chi connectivity index (χ0n) is 16.3. The van der Waals surface area contributed by atoms with Gasteiger partial charge in [-0.05, 0) is 38.3 Å². The van der Waals surface area contributed by atoms with Crippen LogP contribution in [0.3, 0.4) is 0 Å². The van der Waals surface area contributed by atoms with Gasteiger partial charge in [0.1, 0.15) is 11.9 Å². The number of carbonyl (C=O) groups excluding carboxylic acids is 2. The predicted molar refractivity (Wildman–Crippen MR) is 106 cm³/mol. The fourth-order valence-corrected chi connectivity index (χ4v) is 2.38. The SMILES string of the molecule is C[C@@H](CNC(=O)c1ccc([B]O)cc1F)NCC(=O)NCCCC[C@H](N)C(=O)O. The van der Waals surface area contributed by atoms with Gasteiger partial charge in [0.15, 0.2) is 0 Å². The van der Waals surface area contributed by atoms with Crippen molar-refractivity contribution in [2.45, 2.75) is 38.3 Å². The second-order valence-electron chi connectivity index (χ2n) is 6.65. The highest BCUT2D eigenvalue weighted by molar-refractivity contribution is 6.45. The standard InChI is InChI=1S/C18H27BFN4O5/c1-11(9-24-17(26)13-6-5-12(19-29)8-14(13)20)23-10-16(25)22-7-3-2-4-15(21)18(27)28/h5-6,8,11,15,23,29H,2-4,7,9-10,21H2,1H3,(H,22,25)(H,24,26)(H,27,28)/t11-,15-/m0/s1. The Bertz CT molecular complexity index is 707. The summed E-state index contributed by atoms with van der Waals surface area (Å²) in [5.41, 5.74) is 5.51. The summed E-state index contributed by atoms with van der Waals surface area (Å²) in [6.07, 6.45) is 1.57. The van der Waals surface area contributed by atoms with Gasteiger partial charge in [0.05, 0.1) is 12.1 Å². The first-order valence-electron chi connectivity index (χ1n) is 9.28. The molecule has 0 aliphatic rings. The molecule has 0 aliphatic heterocycles. The third-order valence-corrected chi connectivity index (χ3v) is 4.15. The van der Waals surface area contributed by atoms with Crippen molar-refractivity contribution < 1.29 is 28.9 Å². The second kappa shape index (κ2) is 12.9. The van der Waals surface area contributed by atoms with E-state index in [-0.39, 0.29) is 36.1 Å². The molecule has 1 aromatic rings. The van der Waals surface area contributed by atoms with Gasteiger partial charge in [-0.25, -0.2) is 4.39 Å². The number of halogens is 1. The minimum atomic E-state index is -1.04. The molecule has 0 unspecified atom stereocenters. The van der Waals surface area contributed by atoms with Crippen molar-refractivity contribution in [2.24, 2.45) is 5.73 Å². The number of carbonyl (C=O) groups is 3. The fraction of sp³-hybridized carbons (Fsp3) is 0.500. The molecule has 0 aromatic heterocycles. The summed E-state index contributed by atoms with van der Waals surface area (Å²) in [5, 5.41) is 25.7. The summed E-state index contributed by atoms with van der Waals surface area (Å²) >= 11 is 0. The molecule has 2 amide bonds. The van der Waals surface area contributed by atoms with E-state index in [4.69, 9.17) is 15.9 Å². The lowest BCUT2D eigenvalue weighted by atomic mass is 9.88. The van der Waals surface area contributed by atoms with E-state index in [2.05, 4.69) is 16.0 Å². The zero-order chi connectivity index (χ0) is 21.8. The van der Waals surface area contributed by atoms with Crippen molar-refractivity contribution in [3.63, 3.8) is 0 Å². The first kappa shape index (κ1) is 24.5. The van der Waals surface area contributed by atoms with Gasteiger partial charge < -0.3 is 31.8 Å². The molecule has 11 heteroatoms. The number of hydrogen-bond acceptors (Lipinski definition) is 6. The summed E-state index contributed by atoms with van der Waals surface area (Å²) < 4.78 is 13.8. The molecule has 0 bridgehead atoms. The van der Waals surface area contributed by atoms with Crippen molar-refractivity contribution >= 4 is 30.7 Å². The molecule has 1 aromatic carbocycles. The van der Waals surface area contributed by atoms with E-state index in [1.807, 2.05) is 0 Å². The Hall–Kier alpha value is -2.50. The van der Waals surface area contributed by atoms with Crippen molar-refractivity contribution in [1.82, 2.24) is 16.0 Å². The number of benzene rings is 1. The highest BCUT2D eigenvalue weighted by atomic mass is 19.1. The van der Waals surface area contributed by atoms with Gasteiger partial charge in [0.25, 0.3) is 5.91 Å². The van der Waals surface area contributed by atoms with Crippen molar-refractivity contribution in [3.05, 3.63) is 29.6 Å². The molecule has 2 atom stereocenters. The summed E-state index contributed by atoms with van der Waals surface area (Å²) in [4.78, 5) is 34.4. The van der Waals surface area contributed by atoms with E-state index < -0.39 is 23.7 Å². The van der Waals surface area contributed by atoms with Crippen molar-refractivity contribution in [3.8, 4) is 0 Å². The third-order valence-electron chi connectivity index (χ3n) is 4.15. The summed E-state index contributed by atoms with van der Waals surface area (Å²) in [7, 11) is 0.743. The topological polar surface area (TPSA) is 154 Å². The lowest BCUT2D eigenvalue weighted by molar-refractivity contribution is -0.138. The van der Waals surface area contributed by atoms with E-state index in [9.17, 15) is 18.8 Å². The molecule has 7 N–H and O–H groups in total. The minimum Gasteiger partial charge on any atom is -0.480 e. The number of carboxylic acids is 1. The number of rotatable bonds is 13. The van der Waals surface area contributed by atoms with Crippen molar-refractivity contribution in [2.75, 3.05) is 19.6 Å². The molecule has 0 saturated carbocycles. The van der Waals surface area contributed by atoms with Gasteiger partial charge in [-0.3, -0.25) is 14.4 Å². The van der Waals surface area contributed by atoms with Crippen LogP contribution in [0.2, 0.25) is 0 Å². The Balaban J connectivity index is 2.21. The van der Waals surface area contributed by atoms with Crippen LogP contribution in [-0.2, 0) is 9.59 Å². The molecule has 1 rings (SSSR count). The van der Waals surface area contributed by atoms with Gasteiger partial charge in [-0.2, -0.15) is 0 Å². The van der Waals surface area contributed by atoms with E-state index in [0.29, 0.717) is 25.8 Å². The Morgan fingerprint density at radius 3 is 2.59 bits per heavy atom. The molecule has 159 valence electrons. The molecule has 9 nitrogen and oxygen atoms in total. The lowest BCUT2D eigenvalue weighted by Crippen LogP contribution is -2.43. The number of nitrogens with one attached hydrogen (secondary N) is 3. The normalized spacial score (nSPS) is 12.7. The number of aliphatic carboxylic acids is 1. The molecule has 0 saturated heterocycles. The van der Waals surface area contributed by atoms with E-state index in [0.717, 1.165) is 13.5 Å². The Morgan fingerprint density at radius 1 is 1.24 bits per heavy atom. The van der Waals surface area contributed by atoms with Crippen LogP contribution in [0.1, 0.15) is 36.5 Å². The second-order valence-corrected chi connectivity index (χ2v) is 6.65. The first-order valence-corrected chi connectivity index (χ1v) is 9.28. The quantitative estimate of drug-likeness (QED) is 0.171. The average molecular weight is 409 g/mol. The van der Waals surface area contributed by atoms with Crippen LogP contribution in [0.25, 0.3) is 0 Å². The monoisotopic (exact) mass is 409 g/mol. The Morgan fingerprint density at radius 2 is 1.97 bits per heavy atom. The van der Waals surface area contributed by atoms with E-state index in [1.54, 1.807) is 6.92 Å². The highest BCUT2D eigenvalue weighted by Crippen LogP contribution is 2.04. The van der Waals surface area contributed by atoms with Crippen LogP contribution in [0.4, 0.5) is 4.39 Å². The fourth-order valence-electron chi connectivity index (χ4n) is 2.38. The summed E-state index contributed by atoms with van der Waals surface area (Å²) in [6.45, 7) is 2.41. The Kier molecular flexibility index (Phi) is 10.9. The van der Waals surface area contributed by atoms with Gasteiger partial charge in [0, 0.05) is 19.1 Å². The van der Waals surface area contributed by atoms with Gasteiger partial charge in [0.2, 0.25) is 5.91 Å². The maximum atomic E-state index is 13.8. The largest absolute Gasteiger partial charge is 0.480 e. The van der Waals surface area contributed by atoms with Crippen LogP contribution in [-0.4, -0.2) is 67.1 Å². The number of nitrogens with two attached hydrogens (primary N) is 1. The maximum Gasteiger partial charge on any atom is 0.326 e. The molecule has 0 heterocycles. The van der Waals surface area contributed by atoms with Crippen LogP contribution in [0.5, 0.6) is 0 Å². The molecular formula is C18H27BFN4O5. The van der Waals surface area contributed by atoms with Gasteiger partial charge in [-0.1, -0.05) is 11.5 Å². The van der Waals surface area contributed by atoms with Gasteiger partial charge >= 0.3 is 13.5 Å². The first-order chi connectivity index (χ1) is 13.7. The maximum absolute atomic E-state index is 13.8. The van der Waals surface area contributed by atoms with E-state index in [1.165, 1.54) is 12.1 Å². The molecule has 29 heavy (non-hydrogen) atoms. The highest BCUT2D eigenvalue weighted by Gasteiger charge is 2.14. The number of unbranched alkanes of at least 4 members (excludes halogenated alkanes) is 1. The van der Waals surface area contributed by atoms with E-state index >= 15 is 0 Å². The van der Waals surface area contributed by atoms with Crippen LogP contribution in [0.15, 0.2) is 18.2 Å². The van der Waals surface area contributed by atoms with Crippen LogP contribution in [0, 0.1) is 5.82 Å². The van der Waals surface area contributed by atoms with Crippen molar-refractivity contribution in [1.29, 1.82) is 0 Å². The zero-order valence-corrected chi connectivity index (χ0v) is 16.3. The predicted octanol–water partition coefficient (Wildman–Crippen LogP) is -1.53. The van der Waals surface area contributed by atoms with Gasteiger partial charge in [-0.15, -0.1) is 0 Å². The molecule has 0 fully saturated rings. The summed E-state index contributed by atoms with van der Waals surface area (Å²) in [5.74, 6) is -2.60. The number of amides is 2. The number of carboxylic acid groups (broad SMARTS) is 1. The molecular weight excluding hydrogens is 382 g/mol.